The summed E-state index contributed by atoms with van der Waals surface area (Å²) in [6, 6.07) is 28.1. The lowest BCUT2D eigenvalue weighted by molar-refractivity contribution is 0.0725. The Labute approximate surface area is 200 Å². The van der Waals surface area contributed by atoms with Gasteiger partial charge in [-0.2, -0.15) is 0 Å². The van der Waals surface area contributed by atoms with E-state index in [0.717, 1.165) is 0 Å². The number of hydrogen-bond acceptors (Lipinski definition) is 7. The molecule has 0 fully saturated rings. The van der Waals surface area contributed by atoms with Gasteiger partial charge in [-0.3, -0.25) is 4.89 Å². The number of esters is 2. The van der Waals surface area contributed by atoms with E-state index in [1.54, 1.807) is 60.7 Å². The first kappa shape index (κ1) is 23.8. The van der Waals surface area contributed by atoms with Gasteiger partial charge in [-0.1, -0.05) is 36.4 Å². The minimum Gasteiger partial charge on any atom is -0.423 e. The molecule has 1 N–H and O–H groups in total. The molecule has 0 radical (unpaired) electrons. The van der Waals surface area contributed by atoms with E-state index in [4.69, 9.17) is 18.5 Å². The van der Waals surface area contributed by atoms with E-state index in [-0.39, 0.29) is 23.0 Å². The Kier molecular flexibility index (Phi) is 7.26. The van der Waals surface area contributed by atoms with Crippen molar-refractivity contribution in [3.63, 3.8) is 0 Å². The maximum atomic E-state index is 12.4. The third-order valence-corrected chi connectivity index (χ3v) is 5.41. The van der Waals surface area contributed by atoms with E-state index in [1.807, 2.05) is 0 Å². The highest BCUT2D eigenvalue weighted by atomic mass is 31.2. The standard InChI is InChI=1S/C26H19O8P/c27-25(19-7-3-1-4-8-19)31-21-11-15-23(16-12-21)33-35(29,30)34-24-17-13-22(14-18-24)32-26(28)20-9-5-2-6-10-20/h1-18H,(H,29,30). The molecule has 0 saturated carbocycles. The molecule has 0 amide bonds. The van der Waals surface area contributed by atoms with Crippen LogP contribution in [0.25, 0.3) is 0 Å². The lowest BCUT2D eigenvalue weighted by Gasteiger charge is -2.14. The zero-order valence-electron chi connectivity index (χ0n) is 18.1. The summed E-state index contributed by atoms with van der Waals surface area (Å²) in [5.41, 5.74) is 0.781. The molecule has 0 heterocycles. The molecular weight excluding hydrogens is 471 g/mol. The lowest BCUT2D eigenvalue weighted by atomic mass is 10.2. The Balaban J connectivity index is 1.32. The van der Waals surface area contributed by atoms with Crippen molar-refractivity contribution in [2.75, 3.05) is 0 Å². The summed E-state index contributed by atoms with van der Waals surface area (Å²) in [5.74, 6) is -0.532. The van der Waals surface area contributed by atoms with Crippen LogP contribution in [0.3, 0.4) is 0 Å². The average molecular weight is 490 g/mol. The second kappa shape index (κ2) is 10.7. The SMILES string of the molecule is O=C(Oc1ccc(OP(=O)(O)Oc2ccc(OC(=O)c3ccccc3)cc2)cc1)c1ccccc1. The molecule has 9 heteroatoms. The van der Waals surface area contributed by atoms with Crippen LogP contribution >= 0.6 is 7.82 Å². The van der Waals surface area contributed by atoms with Gasteiger partial charge in [-0.15, -0.1) is 0 Å². The van der Waals surface area contributed by atoms with Crippen LogP contribution in [0.4, 0.5) is 0 Å². The lowest BCUT2D eigenvalue weighted by Crippen LogP contribution is -2.08. The van der Waals surface area contributed by atoms with E-state index in [9.17, 15) is 19.0 Å². The third-order valence-electron chi connectivity index (χ3n) is 4.53. The number of carbonyl (C=O) groups excluding carboxylic acids is 2. The molecule has 0 aliphatic carbocycles. The van der Waals surface area contributed by atoms with Crippen molar-refractivity contribution in [2.24, 2.45) is 0 Å². The molecule has 35 heavy (non-hydrogen) atoms. The smallest absolute Gasteiger partial charge is 0.423 e. The Morgan fingerprint density at radius 1 is 0.514 bits per heavy atom. The van der Waals surface area contributed by atoms with E-state index < -0.39 is 19.8 Å². The number of benzene rings is 4. The number of hydrogen-bond donors (Lipinski definition) is 1. The predicted molar refractivity (Wildman–Crippen MR) is 127 cm³/mol. The molecule has 4 rings (SSSR count). The van der Waals surface area contributed by atoms with Crippen LogP contribution in [0.5, 0.6) is 23.0 Å². The fourth-order valence-corrected chi connectivity index (χ4v) is 3.72. The molecule has 0 aliphatic heterocycles. The summed E-state index contributed by atoms with van der Waals surface area (Å²) in [5, 5.41) is 0. The summed E-state index contributed by atoms with van der Waals surface area (Å²) in [7, 11) is -4.53. The molecule has 0 atom stereocenters. The quantitative estimate of drug-likeness (QED) is 0.191. The fraction of sp³-hybridized carbons (Fsp3) is 0. The van der Waals surface area contributed by atoms with Gasteiger partial charge in [-0.05, 0) is 72.8 Å². The summed E-state index contributed by atoms with van der Waals surface area (Å²) in [6.45, 7) is 0. The Bertz CT molecular complexity index is 1240. The third kappa shape index (κ3) is 6.80. The number of phosphoric ester groups is 1. The van der Waals surface area contributed by atoms with Crippen molar-refractivity contribution in [2.45, 2.75) is 0 Å². The number of phosphoric acid groups is 1. The average Bonchev–Trinajstić information content (AvgIpc) is 2.87. The van der Waals surface area contributed by atoms with E-state index in [0.29, 0.717) is 11.1 Å². The van der Waals surface area contributed by atoms with Crippen molar-refractivity contribution in [3.05, 3.63) is 120 Å². The highest BCUT2D eigenvalue weighted by molar-refractivity contribution is 7.48. The van der Waals surface area contributed by atoms with Gasteiger partial charge in [0.15, 0.2) is 0 Å². The minimum atomic E-state index is -4.53. The van der Waals surface area contributed by atoms with Crippen molar-refractivity contribution in [3.8, 4) is 23.0 Å². The first-order chi connectivity index (χ1) is 16.9. The van der Waals surface area contributed by atoms with Crippen LogP contribution < -0.4 is 18.5 Å². The van der Waals surface area contributed by atoms with Gasteiger partial charge in [0.05, 0.1) is 11.1 Å². The summed E-state index contributed by atoms with van der Waals surface area (Å²) in [4.78, 5) is 34.3. The van der Waals surface area contributed by atoms with Crippen LogP contribution in [-0.4, -0.2) is 16.8 Å². The first-order valence-electron chi connectivity index (χ1n) is 10.3. The van der Waals surface area contributed by atoms with E-state index >= 15 is 0 Å². The molecule has 0 spiro atoms. The number of rotatable bonds is 8. The molecule has 176 valence electrons. The zero-order valence-corrected chi connectivity index (χ0v) is 19.0. The Morgan fingerprint density at radius 3 is 1.17 bits per heavy atom. The number of ether oxygens (including phenoxy) is 2. The van der Waals surface area contributed by atoms with Gasteiger partial charge in [-0.25, -0.2) is 14.2 Å². The van der Waals surface area contributed by atoms with Gasteiger partial charge in [0.1, 0.15) is 23.0 Å². The highest BCUT2D eigenvalue weighted by Crippen LogP contribution is 2.44. The maximum Gasteiger partial charge on any atom is 0.584 e. The predicted octanol–water partition coefficient (Wildman–Crippen LogP) is 5.68. The van der Waals surface area contributed by atoms with Gasteiger partial charge < -0.3 is 18.5 Å². The highest BCUT2D eigenvalue weighted by Gasteiger charge is 2.25. The molecule has 0 aromatic heterocycles. The monoisotopic (exact) mass is 490 g/mol. The van der Waals surface area contributed by atoms with E-state index in [2.05, 4.69) is 0 Å². The summed E-state index contributed by atoms with van der Waals surface area (Å²) >= 11 is 0. The molecule has 8 nitrogen and oxygen atoms in total. The van der Waals surface area contributed by atoms with Gasteiger partial charge in [0.2, 0.25) is 0 Å². The van der Waals surface area contributed by atoms with Crippen molar-refractivity contribution in [1.29, 1.82) is 0 Å². The first-order valence-corrected chi connectivity index (χ1v) is 11.8. The van der Waals surface area contributed by atoms with Crippen LogP contribution in [0.15, 0.2) is 109 Å². The molecule has 0 aliphatic rings. The van der Waals surface area contributed by atoms with Gasteiger partial charge in [0, 0.05) is 0 Å². The van der Waals surface area contributed by atoms with Gasteiger partial charge in [0.25, 0.3) is 0 Å². The van der Waals surface area contributed by atoms with Crippen LogP contribution in [0.1, 0.15) is 20.7 Å². The van der Waals surface area contributed by atoms with Gasteiger partial charge >= 0.3 is 19.8 Å². The van der Waals surface area contributed by atoms with Crippen molar-refractivity contribution in [1.82, 2.24) is 0 Å². The summed E-state index contributed by atoms with van der Waals surface area (Å²) in [6.07, 6.45) is 0. The number of carbonyl (C=O) groups is 2. The van der Waals surface area contributed by atoms with Crippen LogP contribution in [-0.2, 0) is 4.57 Å². The van der Waals surface area contributed by atoms with E-state index in [1.165, 1.54) is 48.5 Å². The molecule has 4 aromatic rings. The second-order valence-corrected chi connectivity index (χ2v) is 8.41. The Hall–Kier alpha value is -4.39. The van der Waals surface area contributed by atoms with Crippen molar-refractivity contribution >= 4 is 19.8 Å². The molecule has 4 aromatic carbocycles. The minimum absolute atomic E-state index is 0.0313. The van der Waals surface area contributed by atoms with Crippen LogP contribution in [0, 0.1) is 0 Å². The fourth-order valence-electron chi connectivity index (χ4n) is 2.90. The molecule has 0 saturated heterocycles. The Morgan fingerprint density at radius 2 is 0.829 bits per heavy atom. The van der Waals surface area contributed by atoms with Crippen LogP contribution in [0.2, 0.25) is 0 Å². The maximum absolute atomic E-state index is 12.4. The largest absolute Gasteiger partial charge is 0.584 e. The normalized spacial score (nSPS) is 10.8. The topological polar surface area (TPSA) is 108 Å². The van der Waals surface area contributed by atoms with Crippen molar-refractivity contribution < 1.29 is 37.6 Å². The summed E-state index contributed by atoms with van der Waals surface area (Å²) < 4.78 is 33.0. The zero-order chi connectivity index (χ0) is 24.7. The molecule has 0 unspecified atom stereocenters. The molecular formula is C26H19O8P. The molecule has 0 bridgehead atoms. The second-order valence-electron chi connectivity index (χ2n) is 7.11.